The fourth-order valence-electron chi connectivity index (χ4n) is 4.85. The molecule has 2 aromatic carbocycles. The van der Waals surface area contributed by atoms with Crippen LogP contribution in [0.5, 0.6) is 23.1 Å². The fraction of sp³-hybridized carbons (Fsp3) is 0.483. The number of ether oxygens (including phenoxy) is 3. The lowest BCUT2D eigenvalue weighted by Gasteiger charge is -2.38. The van der Waals surface area contributed by atoms with E-state index < -0.39 is 13.2 Å². The Morgan fingerprint density at radius 3 is 2.33 bits per heavy atom. The van der Waals surface area contributed by atoms with Gasteiger partial charge < -0.3 is 28.4 Å². The number of nitrogens with one attached hydrogen (secondary N) is 1. The highest BCUT2D eigenvalue weighted by Crippen LogP contribution is 2.50. The minimum atomic E-state index is -3.34. The van der Waals surface area contributed by atoms with Crippen LogP contribution in [-0.2, 0) is 26.5 Å². The molecular formula is C29H38NO8PS. The summed E-state index contributed by atoms with van der Waals surface area (Å²) < 4.78 is 42.5. The van der Waals surface area contributed by atoms with Crippen LogP contribution in [0.15, 0.2) is 29.1 Å². The zero-order valence-corrected chi connectivity index (χ0v) is 25.6. The smallest absolute Gasteiger partial charge is 0.367 e. The number of aromatic amines is 1. The molecule has 3 aromatic rings. The van der Waals surface area contributed by atoms with Gasteiger partial charge in [-0.25, -0.2) is 0 Å². The highest BCUT2D eigenvalue weighted by Gasteiger charge is 2.36. The summed E-state index contributed by atoms with van der Waals surface area (Å²) in [6.45, 7) is 12.5. The van der Waals surface area contributed by atoms with E-state index in [0.29, 0.717) is 29.4 Å². The second-order valence-electron chi connectivity index (χ2n) is 10.2. The minimum Gasteiger partial charge on any atom is -0.494 e. The number of fused-ring (bicyclic) bond motifs is 1. The van der Waals surface area contributed by atoms with E-state index in [2.05, 4.69) is 11.9 Å². The molecule has 1 unspecified atom stereocenters. The third-order valence-corrected chi connectivity index (χ3v) is 9.73. The number of aromatic nitrogens is 1. The van der Waals surface area contributed by atoms with Gasteiger partial charge in [0.15, 0.2) is 6.35 Å². The molecule has 0 amide bonds. The van der Waals surface area contributed by atoms with Crippen LogP contribution in [-0.4, -0.2) is 41.9 Å². The molecule has 4 rings (SSSR count). The molecule has 1 atom stereocenters. The molecule has 0 bridgehead atoms. The first-order valence-electron chi connectivity index (χ1n) is 13.4. The van der Waals surface area contributed by atoms with Gasteiger partial charge in [0, 0.05) is 12.0 Å². The molecule has 1 aliphatic heterocycles. The van der Waals surface area contributed by atoms with E-state index in [4.69, 9.17) is 23.3 Å². The van der Waals surface area contributed by atoms with Crippen molar-refractivity contribution in [1.29, 1.82) is 0 Å². The molecule has 9 nitrogen and oxygen atoms in total. The lowest BCUT2D eigenvalue weighted by atomic mass is 9.87. The standard InChI is InChI=1S/C29H38NO8PS/c1-7-36-39(33,37-8-2)17-35-25-18(3)19(4)26-23(20(25)5)13-14-29(6,38-26)16-34-22-11-9-21(10-12-22)15-24-27(31)30-28(32)40-24/h9-12,31H,7-8,13-17H2,1-6H3,(H,30,32). The van der Waals surface area contributed by atoms with Gasteiger partial charge in [0.05, 0.1) is 18.1 Å². The van der Waals surface area contributed by atoms with Crippen molar-refractivity contribution in [1.82, 2.24) is 4.98 Å². The summed E-state index contributed by atoms with van der Waals surface area (Å²) in [5, 5.41) is 9.83. The first kappa shape index (κ1) is 30.2. The van der Waals surface area contributed by atoms with Gasteiger partial charge in [-0.2, -0.15) is 0 Å². The first-order valence-corrected chi connectivity index (χ1v) is 16.0. The summed E-state index contributed by atoms with van der Waals surface area (Å²) in [6, 6.07) is 7.61. The molecule has 11 heteroatoms. The highest BCUT2D eigenvalue weighted by molar-refractivity contribution is 7.53. The normalized spacial score (nSPS) is 16.9. The number of thiazole rings is 1. The fourth-order valence-corrected chi connectivity index (χ4v) is 6.90. The van der Waals surface area contributed by atoms with Gasteiger partial charge >= 0.3 is 12.5 Å². The first-order chi connectivity index (χ1) is 19.0. The van der Waals surface area contributed by atoms with Crippen LogP contribution >= 0.6 is 18.9 Å². The van der Waals surface area contributed by atoms with Gasteiger partial charge in [0.25, 0.3) is 0 Å². The molecule has 218 valence electrons. The molecule has 0 saturated heterocycles. The van der Waals surface area contributed by atoms with E-state index in [0.717, 1.165) is 57.7 Å². The topological polar surface area (TPSA) is 116 Å². The Hall–Kier alpha value is -2.78. The molecule has 0 radical (unpaired) electrons. The number of hydrogen-bond donors (Lipinski definition) is 2. The van der Waals surface area contributed by atoms with Gasteiger partial charge in [-0.3, -0.25) is 14.3 Å². The molecular weight excluding hydrogens is 553 g/mol. The van der Waals surface area contributed by atoms with E-state index in [9.17, 15) is 14.5 Å². The van der Waals surface area contributed by atoms with Crippen molar-refractivity contribution in [3.05, 3.63) is 66.6 Å². The number of aromatic hydroxyl groups is 1. The maximum Gasteiger partial charge on any atom is 0.367 e. The Morgan fingerprint density at radius 1 is 1.05 bits per heavy atom. The maximum atomic E-state index is 12.9. The molecule has 2 N–H and O–H groups in total. The van der Waals surface area contributed by atoms with Crippen molar-refractivity contribution in [2.24, 2.45) is 0 Å². The van der Waals surface area contributed by atoms with Crippen molar-refractivity contribution >= 4 is 18.9 Å². The quantitative estimate of drug-likeness (QED) is 0.232. The number of hydrogen-bond acceptors (Lipinski definition) is 9. The van der Waals surface area contributed by atoms with Gasteiger partial charge in [0.2, 0.25) is 5.88 Å². The minimum absolute atomic E-state index is 0.0755. The summed E-state index contributed by atoms with van der Waals surface area (Å²) in [4.78, 5) is 14.2. The lowest BCUT2D eigenvalue weighted by molar-refractivity contribution is 0.0166. The zero-order chi connectivity index (χ0) is 29.1. The van der Waals surface area contributed by atoms with Gasteiger partial charge in [0.1, 0.15) is 29.5 Å². The van der Waals surface area contributed by atoms with Gasteiger partial charge in [-0.05, 0) is 88.8 Å². The van der Waals surface area contributed by atoms with Crippen molar-refractivity contribution in [3.63, 3.8) is 0 Å². The Bertz CT molecular complexity index is 1440. The number of H-pyrrole nitrogens is 1. The van der Waals surface area contributed by atoms with Crippen LogP contribution in [0.25, 0.3) is 0 Å². The average Bonchev–Trinajstić information content (AvgIpc) is 3.23. The third-order valence-electron chi connectivity index (χ3n) is 7.11. The summed E-state index contributed by atoms with van der Waals surface area (Å²) in [6.07, 6.45) is 1.86. The highest BCUT2D eigenvalue weighted by atomic mass is 32.1. The van der Waals surface area contributed by atoms with Crippen LogP contribution in [0, 0.1) is 20.8 Å². The van der Waals surface area contributed by atoms with Crippen LogP contribution in [0.2, 0.25) is 0 Å². The average molecular weight is 592 g/mol. The molecule has 2 heterocycles. The van der Waals surface area contributed by atoms with Crippen LogP contribution in [0.1, 0.15) is 59.9 Å². The monoisotopic (exact) mass is 591 g/mol. The Morgan fingerprint density at radius 2 is 1.73 bits per heavy atom. The number of rotatable bonds is 12. The summed E-state index contributed by atoms with van der Waals surface area (Å²) in [5.74, 6) is 2.18. The maximum absolute atomic E-state index is 12.9. The Balaban J connectivity index is 1.43. The largest absolute Gasteiger partial charge is 0.494 e. The summed E-state index contributed by atoms with van der Waals surface area (Å²) in [5.41, 5.74) is 4.39. The van der Waals surface area contributed by atoms with E-state index in [1.807, 2.05) is 45.0 Å². The van der Waals surface area contributed by atoms with Gasteiger partial charge in [-0.15, -0.1) is 0 Å². The van der Waals surface area contributed by atoms with Crippen LogP contribution < -0.4 is 19.1 Å². The van der Waals surface area contributed by atoms with E-state index in [1.54, 1.807) is 13.8 Å². The van der Waals surface area contributed by atoms with Crippen molar-refractivity contribution < 1.29 is 32.9 Å². The van der Waals surface area contributed by atoms with Crippen LogP contribution in [0.4, 0.5) is 0 Å². The molecule has 0 spiro atoms. The van der Waals surface area contributed by atoms with Crippen molar-refractivity contribution in [2.45, 2.75) is 66.4 Å². The lowest BCUT2D eigenvalue weighted by Crippen LogP contribution is -2.42. The molecule has 1 aromatic heterocycles. The van der Waals surface area contributed by atoms with Crippen molar-refractivity contribution in [2.75, 3.05) is 26.2 Å². The predicted octanol–water partition coefficient (Wildman–Crippen LogP) is 6.42. The Labute approximate surface area is 238 Å². The zero-order valence-electron chi connectivity index (χ0n) is 23.9. The second-order valence-corrected chi connectivity index (χ2v) is 13.2. The molecule has 0 aliphatic carbocycles. The predicted molar refractivity (Wildman–Crippen MR) is 156 cm³/mol. The molecule has 0 fully saturated rings. The number of benzene rings is 2. The third kappa shape index (κ3) is 6.74. The molecule has 1 aliphatic rings. The van der Waals surface area contributed by atoms with Crippen LogP contribution in [0.3, 0.4) is 0 Å². The molecule has 40 heavy (non-hydrogen) atoms. The van der Waals surface area contributed by atoms with Gasteiger partial charge in [-0.1, -0.05) is 23.5 Å². The van der Waals surface area contributed by atoms with E-state index in [-0.39, 0.29) is 30.3 Å². The Kier molecular flexibility index (Phi) is 9.35. The van der Waals surface area contributed by atoms with E-state index in [1.165, 1.54) is 0 Å². The summed E-state index contributed by atoms with van der Waals surface area (Å²) >= 11 is 1.01. The van der Waals surface area contributed by atoms with Crippen molar-refractivity contribution in [3.8, 4) is 23.1 Å². The van der Waals surface area contributed by atoms with E-state index >= 15 is 0 Å². The SMILES string of the molecule is CCOP(=O)(COc1c(C)c(C)c2c(c1C)CCC(C)(COc1ccc(Cc3sc(=O)[nH]c3O)cc1)O2)OCC. The summed E-state index contributed by atoms with van der Waals surface area (Å²) in [7, 11) is -3.34. The second kappa shape index (κ2) is 12.4. The molecule has 0 saturated carbocycles.